The Labute approximate surface area is 95.9 Å². The second-order valence-electron chi connectivity index (χ2n) is 3.58. The lowest BCUT2D eigenvalue weighted by Crippen LogP contribution is -2.29. The quantitative estimate of drug-likeness (QED) is 0.803. The summed E-state index contributed by atoms with van der Waals surface area (Å²) in [6.07, 6.45) is 0. The van der Waals surface area contributed by atoms with Crippen LogP contribution in [0.3, 0.4) is 0 Å². The summed E-state index contributed by atoms with van der Waals surface area (Å²) in [7, 11) is 0. The number of aromatic nitrogens is 1. The number of para-hydroxylation sites is 1. The van der Waals surface area contributed by atoms with E-state index in [0.29, 0.717) is 10.9 Å². The van der Waals surface area contributed by atoms with E-state index in [4.69, 9.17) is 5.11 Å². The van der Waals surface area contributed by atoms with Crippen LogP contribution in [0.5, 0.6) is 0 Å². The summed E-state index contributed by atoms with van der Waals surface area (Å²) in [5, 5.41) is 9.45. The molecule has 0 fully saturated rings. The lowest BCUT2D eigenvalue weighted by atomic mass is 10.1. The van der Waals surface area contributed by atoms with Crippen LogP contribution in [-0.4, -0.2) is 21.6 Å². The third kappa shape index (κ3) is 1.71. The molecule has 1 heterocycles. The van der Waals surface area contributed by atoms with Crippen molar-refractivity contribution in [3.05, 3.63) is 46.2 Å². The number of rotatable bonds is 1. The highest BCUT2D eigenvalue weighted by atomic mass is 16.4. The Bertz CT molecular complexity index is 684. The molecule has 0 radical (unpaired) electrons. The average molecular weight is 231 g/mol. The first-order chi connectivity index (χ1) is 8.02. The molecule has 0 saturated heterocycles. The van der Waals surface area contributed by atoms with Crippen molar-refractivity contribution in [3.63, 3.8) is 0 Å². The standard InChI is InChI=1S/C12H9NO4/c1-7(14)13-10-5-3-2-4-8(10)6-9(11(13)15)12(16)17/h2-6H,1H3,(H,16,17). The molecule has 0 amide bonds. The molecule has 0 saturated carbocycles. The summed E-state index contributed by atoms with van der Waals surface area (Å²) in [4.78, 5) is 34.2. The summed E-state index contributed by atoms with van der Waals surface area (Å²) in [6, 6.07) is 7.93. The minimum atomic E-state index is -1.34. The topological polar surface area (TPSA) is 76.4 Å². The minimum absolute atomic E-state index is 0.404. The highest BCUT2D eigenvalue weighted by Gasteiger charge is 2.16. The van der Waals surface area contributed by atoms with Crippen molar-refractivity contribution in [2.75, 3.05) is 0 Å². The van der Waals surface area contributed by atoms with Crippen LogP contribution in [0.4, 0.5) is 0 Å². The van der Waals surface area contributed by atoms with Crippen LogP contribution in [0.2, 0.25) is 0 Å². The summed E-state index contributed by atoms with van der Waals surface area (Å²) in [5.41, 5.74) is -0.794. The third-order valence-corrected chi connectivity index (χ3v) is 2.46. The van der Waals surface area contributed by atoms with Gasteiger partial charge in [-0.05, 0) is 17.5 Å². The Morgan fingerprint density at radius 2 is 1.88 bits per heavy atom. The van der Waals surface area contributed by atoms with Gasteiger partial charge in [-0.1, -0.05) is 18.2 Å². The van der Waals surface area contributed by atoms with E-state index in [2.05, 4.69) is 0 Å². The van der Waals surface area contributed by atoms with Crippen LogP contribution in [0.25, 0.3) is 10.9 Å². The summed E-state index contributed by atoms with van der Waals surface area (Å²) >= 11 is 0. The Balaban J connectivity index is 3.01. The van der Waals surface area contributed by atoms with Crippen LogP contribution in [0.1, 0.15) is 22.1 Å². The van der Waals surface area contributed by atoms with Gasteiger partial charge in [0.15, 0.2) is 0 Å². The van der Waals surface area contributed by atoms with Crippen LogP contribution < -0.4 is 5.56 Å². The molecule has 0 unspecified atom stereocenters. The van der Waals surface area contributed by atoms with E-state index in [1.807, 2.05) is 0 Å². The fourth-order valence-corrected chi connectivity index (χ4v) is 1.73. The highest BCUT2D eigenvalue weighted by molar-refractivity contribution is 5.96. The number of hydrogen-bond donors (Lipinski definition) is 1. The molecule has 17 heavy (non-hydrogen) atoms. The number of carboxylic acids is 1. The highest BCUT2D eigenvalue weighted by Crippen LogP contribution is 2.13. The largest absolute Gasteiger partial charge is 0.477 e. The monoisotopic (exact) mass is 231 g/mol. The summed E-state index contributed by atoms with van der Waals surface area (Å²) in [6.45, 7) is 1.22. The molecule has 0 aliphatic heterocycles. The number of carbonyl (C=O) groups is 2. The van der Waals surface area contributed by atoms with Crippen molar-refractivity contribution in [1.82, 2.24) is 4.57 Å². The summed E-state index contributed by atoms with van der Waals surface area (Å²) in [5.74, 6) is -1.84. The third-order valence-electron chi connectivity index (χ3n) is 2.46. The van der Waals surface area contributed by atoms with Gasteiger partial charge in [0.05, 0.1) is 5.52 Å². The van der Waals surface area contributed by atoms with E-state index >= 15 is 0 Å². The second kappa shape index (κ2) is 3.86. The van der Waals surface area contributed by atoms with Crippen LogP contribution in [-0.2, 0) is 0 Å². The van der Waals surface area contributed by atoms with Crippen LogP contribution in [0, 0.1) is 0 Å². The molecule has 86 valence electrons. The predicted molar refractivity (Wildman–Crippen MR) is 61.5 cm³/mol. The Morgan fingerprint density at radius 3 is 2.47 bits per heavy atom. The molecule has 0 spiro atoms. The van der Waals surface area contributed by atoms with Crippen molar-refractivity contribution < 1.29 is 14.7 Å². The van der Waals surface area contributed by atoms with E-state index in [9.17, 15) is 14.4 Å². The second-order valence-corrected chi connectivity index (χ2v) is 3.58. The van der Waals surface area contributed by atoms with Gasteiger partial charge >= 0.3 is 5.97 Å². The van der Waals surface area contributed by atoms with Crippen molar-refractivity contribution in [2.45, 2.75) is 6.92 Å². The van der Waals surface area contributed by atoms with E-state index in [-0.39, 0.29) is 0 Å². The van der Waals surface area contributed by atoms with Gasteiger partial charge in [0.1, 0.15) is 5.56 Å². The van der Waals surface area contributed by atoms with Crippen molar-refractivity contribution in [2.24, 2.45) is 0 Å². The van der Waals surface area contributed by atoms with Gasteiger partial charge in [0.25, 0.3) is 5.56 Å². The maximum absolute atomic E-state index is 11.8. The van der Waals surface area contributed by atoms with Gasteiger partial charge in [0, 0.05) is 6.92 Å². The van der Waals surface area contributed by atoms with Gasteiger partial charge in [-0.3, -0.25) is 9.59 Å². The molecule has 2 aromatic rings. The lowest BCUT2D eigenvalue weighted by molar-refractivity contribution is 0.0695. The SMILES string of the molecule is CC(=O)n1c(=O)c(C(=O)O)cc2ccccc21. The van der Waals surface area contributed by atoms with Gasteiger partial charge in [-0.15, -0.1) is 0 Å². The zero-order valence-electron chi connectivity index (χ0n) is 9.01. The molecule has 2 rings (SSSR count). The molecule has 5 heteroatoms. The molecule has 0 aliphatic carbocycles. The maximum atomic E-state index is 11.8. The van der Waals surface area contributed by atoms with Gasteiger partial charge in [-0.2, -0.15) is 0 Å². The van der Waals surface area contributed by atoms with Gasteiger partial charge in [-0.25, -0.2) is 9.36 Å². The zero-order valence-corrected chi connectivity index (χ0v) is 9.01. The predicted octanol–water partition coefficient (Wildman–Crippen LogP) is 1.36. The number of pyridine rings is 1. The first-order valence-electron chi connectivity index (χ1n) is 4.91. The van der Waals surface area contributed by atoms with Crippen LogP contribution >= 0.6 is 0 Å². The van der Waals surface area contributed by atoms with Gasteiger partial charge in [0.2, 0.25) is 5.91 Å². The smallest absolute Gasteiger partial charge is 0.341 e. The first kappa shape index (κ1) is 11.1. The van der Waals surface area contributed by atoms with Crippen molar-refractivity contribution in [1.29, 1.82) is 0 Å². The average Bonchev–Trinajstić information content (AvgIpc) is 2.27. The Kier molecular flexibility index (Phi) is 2.51. The fraction of sp³-hybridized carbons (Fsp3) is 0.0833. The number of fused-ring (bicyclic) bond motifs is 1. The number of carbonyl (C=O) groups excluding carboxylic acids is 1. The summed E-state index contributed by atoms with van der Waals surface area (Å²) < 4.78 is 0.874. The number of nitrogens with zero attached hydrogens (tertiary/aromatic N) is 1. The Morgan fingerprint density at radius 1 is 1.24 bits per heavy atom. The maximum Gasteiger partial charge on any atom is 0.341 e. The van der Waals surface area contributed by atoms with E-state index in [1.54, 1.807) is 24.3 Å². The first-order valence-corrected chi connectivity index (χ1v) is 4.91. The number of hydrogen-bond acceptors (Lipinski definition) is 3. The molecule has 0 bridgehead atoms. The normalized spacial score (nSPS) is 10.4. The van der Waals surface area contributed by atoms with Crippen molar-refractivity contribution >= 4 is 22.8 Å². The molecular formula is C12H9NO4. The number of carboxylic acid groups (broad SMARTS) is 1. The molecule has 1 N–H and O–H groups in total. The van der Waals surface area contributed by atoms with E-state index in [0.717, 1.165) is 4.57 Å². The Hall–Kier alpha value is -2.43. The molecule has 5 nitrogen and oxygen atoms in total. The molecule has 0 atom stereocenters. The lowest BCUT2D eigenvalue weighted by Gasteiger charge is -2.07. The van der Waals surface area contributed by atoms with Gasteiger partial charge < -0.3 is 5.11 Å². The van der Waals surface area contributed by atoms with E-state index < -0.39 is 23.0 Å². The molecule has 1 aromatic heterocycles. The number of aromatic carboxylic acids is 1. The van der Waals surface area contributed by atoms with Crippen molar-refractivity contribution in [3.8, 4) is 0 Å². The van der Waals surface area contributed by atoms with Crippen LogP contribution in [0.15, 0.2) is 35.1 Å². The molecular weight excluding hydrogens is 222 g/mol. The fourth-order valence-electron chi connectivity index (χ4n) is 1.73. The minimum Gasteiger partial charge on any atom is -0.477 e. The number of benzene rings is 1. The molecule has 1 aromatic carbocycles. The van der Waals surface area contributed by atoms with E-state index in [1.165, 1.54) is 13.0 Å². The zero-order chi connectivity index (χ0) is 12.6. The molecule has 0 aliphatic rings.